The minimum atomic E-state index is -1.38. The predicted molar refractivity (Wildman–Crippen MR) is 150 cm³/mol. The van der Waals surface area contributed by atoms with Gasteiger partial charge < -0.3 is 30.4 Å². The Labute approximate surface area is 238 Å². The molecule has 0 saturated carbocycles. The summed E-state index contributed by atoms with van der Waals surface area (Å²) < 4.78 is 10.1. The van der Waals surface area contributed by atoms with Gasteiger partial charge in [-0.15, -0.1) is 0 Å². The predicted octanol–water partition coefficient (Wildman–Crippen LogP) is 1.46. The summed E-state index contributed by atoms with van der Waals surface area (Å²) in [5, 5.41) is 26.6. The van der Waals surface area contributed by atoms with Gasteiger partial charge in [-0.3, -0.25) is 19.4 Å². The molecule has 1 amide bonds. The van der Waals surface area contributed by atoms with Crippen LogP contribution < -0.4 is 15.8 Å². The van der Waals surface area contributed by atoms with Gasteiger partial charge in [-0.05, 0) is 37.8 Å². The number of carboxylic acid groups (broad SMARTS) is 1. The topological polar surface area (TPSA) is 179 Å². The Bertz CT molecular complexity index is 1480. The van der Waals surface area contributed by atoms with Gasteiger partial charge in [0, 0.05) is 68.2 Å². The molecule has 15 heteroatoms. The van der Waals surface area contributed by atoms with Gasteiger partial charge in [0.25, 0.3) is 0 Å². The van der Waals surface area contributed by atoms with Crippen molar-refractivity contribution >= 4 is 34.4 Å². The zero-order valence-corrected chi connectivity index (χ0v) is 23.1. The average Bonchev–Trinajstić information content (AvgIpc) is 3.42. The molecule has 216 valence electrons. The molecule has 3 N–H and O–H groups in total. The maximum atomic E-state index is 13.1. The molecule has 14 nitrogen and oxygen atoms in total. The number of aliphatic imine (C=N–C) groups is 1. The second-order valence-corrected chi connectivity index (χ2v) is 11.2. The first-order chi connectivity index (χ1) is 19.8. The van der Waals surface area contributed by atoms with Crippen molar-refractivity contribution in [2.75, 3.05) is 31.1 Å². The summed E-state index contributed by atoms with van der Waals surface area (Å²) in [6, 6.07) is 2.94. The lowest BCUT2D eigenvalue weighted by molar-refractivity contribution is -0.134. The summed E-state index contributed by atoms with van der Waals surface area (Å²) in [7, 11) is 0. The molecule has 2 unspecified atom stereocenters. The number of nitrogens with one attached hydrogen (secondary N) is 2. The molecule has 2 fully saturated rings. The van der Waals surface area contributed by atoms with Gasteiger partial charge in [-0.2, -0.15) is 9.36 Å². The number of nitrogens with zero attached hydrogens (tertiary/aromatic N) is 6. The number of amides is 1. The Morgan fingerprint density at radius 1 is 1.29 bits per heavy atom. The molecular weight excluding hydrogens is 552 g/mol. The monoisotopic (exact) mass is 581 g/mol. The molecule has 2 aromatic heterocycles. The number of rotatable bonds is 7. The van der Waals surface area contributed by atoms with Gasteiger partial charge in [-0.25, -0.2) is 9.79 Å². The first-order valence-corrected chi connectivity index (χ1v) is 14.2. The minimum absolute atomic E-state index is 0.00505. The van der Waals surface area contributed by atoms with Crippen molar-refractivity contribution in [1.82, 2.24) is 29.6 Å². The van der Waals surface area contributed by atoms with Crippen LogP contribution in [-0.4, -0.2) is 85.6 Å². The molecule has 0 aliphatic carbocycles. The number of dihydropyridines is 1. The largest absolute Gasteiger partial charge is 0.753 e. The summed E-state index contributed by atoms with van der Waals surface area (Å²) in [4.78, 5) is 51.6. The van der Waals surface area contributed by atoms with E-state index in [0.29, 0.717) is 53.2 Å². The molecular formula is C26H29N8O6S-. The number of H-pyrrole nitrogens is 1. The fraction of sp³-hybridized carbons (Fsp3) is 0.462. The second kappa shape index (κ2) is 11.2. The first-order valence-electron chi connectivity index (χ1n) is 13.4. The Balaban J connectivity index is 1.21. The fourth-order valence-corrected chi connectivity index (χ4v) is 6.00. The summed E-state index contributed by atoms with van der Waals surface area (Å²) >= 11 is 1.01. The zero-order chi connectivity index (χ0) is 28.7. The van der Waals surface area contributed by atoms with Gasteiger partial charge in [-0.1, -0.05) is 0 Å². The Kier molecular flexibility index (Phi) is 7.42. The van der Waals surface area contributed by atoms with Crippen molar-refractivity contribution in [3.05, 3.63) is 57.1 Å². The van der Waals surface area contributed by atoms with Crippen LogP contribution in [0.2, 0.25) is 0 Å². The molecule has 0 radical (unpaired) electrons. The average molecular weight is 582 g/mol. The third kappa shape index (κ3) is 5.40. The normalized spacial score (nSPS) is 23.5. The highest BCUT2D eigenvalue weighted by Crippen LogP contribution is 2.37. The summed E-state index contributed by atoms with van der Waals surface area (Å²) in [5.74, 6) is -0.946. The van der Waals surface area contributed by atoms with Gasteiger partial charge in [0.15, 0.2) is 11.7 Å². The Morgan fingerprint density at radius 3 is 2.83 bits per heavy atom. The summed E-state index contributed by atoms with van der Waals surface area (Å²) in [5.41, 5.74) is 0.679. The Hall–Kier alpha value is -3.92. The highest BCUT2D eigenvalue weighted by atomic mass is 32.1. The number of carbonyl (C=O) groups excluding carboxylic acids is 1. The van der Waals surface area contributed by atoms with Crippen LogP contribution in [0.4, 0.5) is 5.13 Å². The molecule has 4 aliphatic rings. The van der Waals surface area contributed by atoms with E-state index in [4.69, 9.17) is 9.73 Å². The van der Waals surface area contributed by atoms with Gasteiger partial charge in [0.2, 0.25) is 16.6 Å². The van der Waals surface area contributed by atoms with Crippen LogP contribution in [0.3, 0.4) is 0 Å². The molecule has 2 aromatic rings. The number of hydroxylamine groups is 2. The maximum absolute atomic E-state index is 13.1. The number of ether oxygens (including phenoxy) is 1. The van der Waals surface area contributed by atoms with E-state index in [1.807, 2.05) is 0 Å². The summed E-state index contributed by atoms with van der Waals surface area (Å²) in [6.07, 6.45) is 5.97. The van der Waals surface area contributed by atoms with Crippen LogP contribution >= 0.6 is 11.5 Å². The van der Waals surface area contributed by atoms with E-state index in [-0.39, 0.29) is 41.2 Å². The van der Waals surface area contributed by atoms with E-state index in [1.54, 1.807) is 13.0 Å². The molecule has 41 heavy (non-hydrogen) atoms. The molecule has 2 saturated heterocycles. The number of hydrogen-bond acceptors (Lipinski definition) is 12. The van der Waals surface area contributed by atoms with Crippen LogP contribution in [0.25, 0.3) is 11.4 Å². The van der Waals surface area contributed by atoms with E-state index in [0.717, 1.165) is 37.4 Å². The number of anilines is 1. The van der Waals surface area contributed by atoms with Crippen molar-refractivity contribution in [3.8, 4) is 11.4 Å². The highest BCUT2D eigenvalue weighted by Gasteiger charge is 2.41. The lowest BCUT2D eigenvalue weighted by Gasteiger charge is -2.47. The van der Waals surface area contributed by atoms with Crippen LogP contribution in [0, 0.1) is 11.1 Å². The van der Waals surface area contributed by atoms with Crippen LogP contribution in [0.5, 0.6) is 0 Å². The number of aromatic amines is 1. The van der Waals surface area contributed by atoms with Crippen molar-refractivity contribution < 1.29 is 19.4 Å². The van der Waals surface area contributed by atoms with E-state index < -0.39 is 11.7 Å². The number of carbonyl (C=O) groups is 2. The van der Waals surface area contributed by atoms with E-state index in [1.165, 1.54) is 23.4 Å². The van der Waals surface area contributed by atoms with Gasteiger partial charge in [0.1, 0.15) is 11.9 Å². The van der Waals surface area contributed by atoms with Crippen molar-refractivity contribution in [3.63, 3.8) is 0 Å². The van der Waals surface area contributed by atoms with E-state index in [9.17, 15) is 24.7 Å². The standard InChI is InChI=1S/C26H29N8O6S/c1-14-8-19(32-11-16(12-32)24(36)28-10-17-4-2-3-7-40-17)29-23-21(14)34(39)18(25(37)38)13-33(23)26-30-22(31-41-26)15-5-6-20(35)27-9-15/h5-6,9,13,16-17,19H,2-4,7-8,10-12H2,1H3,(H,27,35)(H,28,36)(H,37,38)/q-1. The number of likely N-dealkylation sites (tertiary alicyclic amines) is 1. The Morgan fingerprint density at radius 2 is 2.12 bits per heavy atom. The van der Waals surface area contributed by atoms with Gasteiger partial charge >= 0.3 is 5.97 Å². The number of pyridine rings is 1. The lowest BCUT2D eigenvalue weighted by atomic mass is 9.95. The number of fused-ring (bicyclic) bond motifs is 1. The smallest absolute Gasteiger partial charge is 0.353 e. The SMILES string of the molecule is CC1=C2C(=NC(N3CC(C(=O)NCC4CCCCO4)C3)C1)N(c1nc(-c3ccc(=O)[nH]c3)ns1)C=C(C(=O)O)N2[O-]. The first kappa shape index (κ1) is 27.3. The zero-order valence-electron chi connectivity index (χ0n) is 22.3. The van der Waals surface area contributed by atoms with Crippen molar-refractivity contribution in [2.45, 2.75) is 44.9 Å². The third-order valence-electron chi connectivity index (χ3n) is 7.64. The molecule has 4 aliphatic heterocycles. The summed E-state index contributed by atoms with van der Waals surface area (Å²) in [6.45, 7) is 4.08. The molecule has 0 aromatic carbocycles. The number of aliphatic carboxylic acids is 1. The lowest BCUT2D eigenvalue weighted by Crippen LogP contribution is -2.58. The van der Waals surface area contributed by atoms with Crippen molar-refractivity contribution in [2.24, 2.45) is 10.9 Å². The van der Waals surface area contributed by atoms with E-state index >= 15 is 0 Å². The van der Waals surface area contributed by atoms with Crippen LogP contribution in [0.1, 0.15) is 32.6 Å². The van der Waals surface area contributed by atoms with Crippen LogP contribution in [-0.2, 0) is 14.3 Å². The van der Waals surface area contributed by atoms with E-state index in [2.05, 4.69) is 24.6 Å². The van der Waals surface area contributed by atoms with Crippen molar-refractivity contribution in [1.29, 1.82) is 0 Å². The third-order valence-corrected chi connectivity index (χ3v) is 8.36. The minimum Gasteiger partial charge on any atom is -0.753 e. The molecule has 2 atom stereocenters. The van der Waals surface area contributed by atoms with Gasteiger partial charge in [0.05, 0.1) is 17.7 Å². The molecule has 6 rings (SSSR count). The number of amidine groups is 1. The number of carboxylic acids is 1. The number of hydrogen-bond donors (Lipinski definition) is 3. The quantitative estimate of drug-likeness (QED) is 0.431. The highest BCUT2D eigenvalue weighted by molar-refractivity contribution is 7.10. The number of aromatic nitrogens is 3. The maximum Gasteiger partial charge on any atom is 0.353 e. The second-order valence-electron chi connectivity index (χ2n) is 10.5. The molecule has 0 bridgehead atoms. The molecule has 6 heterocycles. The van der Waals surface area contributed by atoms with Crippen LogP contribution in [0.15, 0.2) is 51.3 Å². The molecule has 0 spiro atoms. The fourth-order valence-electron chi connectivity index (χ4n) is 5.33.